The molecule has 2 aromatic heterocycles. The highest BCUT2D eigenvalue weighted by Gasteiger charge is 2.35. The van der Waals surface area contributed by atoms with Crippen LogP contribution in [0.4, 0.5) is 5.13 Å². The molecule has 1 amide bonds. The van der Waals surface area contributed by atoms with Gasteiger partial charge in [-0.15, -0.1) is 11.3 Å². The molecule has 1 aromatic carbocycles. The molecule has 35 heavy (non-hydrogen) atoms. The third-order valence-electron chi connectivity index (χ3n) is 6.65. The zero-order valence-electron chi connectivity index (χ0n) is 19.7. The highest BCUT2D eigenvalue weighted by molar-refractivity contribution is 7.91. The van der Waals surface area contributed by atoms with Crippen molar-refractivity contribution in [3.8, 4) is 11.5 Å². The molecule has 0 radical (unpaired) electrons. The third-order valence-corrected chi connectivity index (χ3v) is 11.1. The maximum atomic E-state index is 13.2. The highest BCUT2D eigenvalue weighted by Crippen LogP contribution is 2.40. The number of benzene rings is 1. The van der Waals surface area contributed by atoms with E-state index in [0.29, 0.717) is 62.1 Å². The summed E-state index contributed by atoms with van der Waals surface area (Å²) >= 11 is 2.80. The number of methoxy groups -OCH3 is 2. The maximum absolute atomic E-state index is 13.2. The van der Waals surface area contributed by atoms with Crippen molar-refractivity contribution in [2.75, 3.05) is 58.4 Å². The average Bonchev–Trinajstić information content (AvgIpc) is 3.59. The Morgan fingerprint density at radius 2 is 1.69 bits per heavy atom. The van der Waals surface area contributed by atoms with Crippen LogP contribution in [-0.4, -0.2) is 82.0 Å². The number of rotatable bonds is 6. The van der Waals surface area contributed by atoms with E-state index >= 15 is 0 Å². The number of anilines is 1. The number of piperidine rings is 1. The molecule has 0 bridgehead atoms. The van der Waals surface area contributed by atoms with E-state index in [0.717, 1.165) is 21.1 Å². The maximum Gasteiger partial charge on any atom is 0.252 e. The van der Waals surface area contributed by atoms with Crippen LogP contribution in [0.3, 0.4) is 0 Å². The summed E-state index contributed by atoms with van der Waals surface area (Å²) in [7, 11) is -0.178. The van der Waals surface area contributed by atoms with E-state index in [2.05, 4.69) is 4.90 Å². The molecule has 0 N–H and O–H groups in total. The lowest BCUT2D eigenvalue weighted by molar-refractivity contribution is -0.137. The molecule has 2 aliphatic rings. The second-order valence-corrected chi connectivity index (χ2v) is 12.7. The average molecular weight is 537 g/mol. The SMILES string of the molecule is COc1ccc(OC)c2sc(N3CCN(C(=O)C4CCN(S(=O)(=O)c5cccs5)CC4)CC3)nc12. The van der Waals surface area contributed by atoms with Gasteiger partial charge < -0.3 is 19.3 Å². The molecule has 12 heteroatoms. The molecule has 5 rings (SSSR count). The molecule has 0 unspecified atom stereocenters. The van der Waals surface area contributed by atoms with Crippen molar-refractivity contribution in [3.05, 3.63) is 29.6 Å². The number of hydrogen-bond donors (Lipinski definition) is 0. The number of nitrogens with zero attached hydrogens (tertiary/aromatic N) is 4. The predicted octanol–water partition coefficient (Wildman–Crippen LogP) is 3.12. The largest absolute Gasteiger partial charge is 0.495 e. The summed E-state index contributed by atoms with van der Waals surface area (Å²) in [5.41, 5.74) is 0.787. The van der Waals surface area contributed by atoms with Gasteiger partial charge in [-0.05, 0) is 36.4 Å². The van der Waals surface area contributed by atoms with Crippen LogP contribution in [0.1, 0.15) is 12.8 Å². The van der Waals surface area contributed by atoms with Gasteiger partial charge in [-0.1, -0.05) is 17.4 Å². The number of fused-ring (bicyclic) bond motifs is 1. The van der Waals surface area contributed by atoms with Crippen molar-refractivity contribution < 1.29 is 22.7 Å². The Hall–Kier alpha value is -2.41. The van der Waals surface area contributed by atoms with Crippen molar-refractivity contribution in [2.45, 2.75) is 17.1 Å². The molecule has 0 spiro atoms. The van der Waals surface area contributed by atoms with E-state index < -0.39 is 10.0 Å². The number of carbonyl (C=O) groups excluding carboxylic acids is 1. The zero-order chi connectivity index (χ0) is 24.6. The summed E-state index contributed by atoms with van der Waals surface area (Å²) in [6.07, 6.45) is 1.11. The normalized spacial score (nSPS) is 18.2. The fourth-order valence-corrected chi connectivity index (χ4v) is 8.41. The number of thiazole rings is 1. The smallest absolute Gasteiger partial charge is 0.252 e. The first kappa shape index (κ1) is 24.3. The van der Waals surface area contributed by atoms with Gasteiger partial charge in [-0.25, -0.2) is 13.4 Å². The number of aromatic nitrogens is 1. The molecule has 9 nitrogen and oxygen atoms in total. The molecule has 2 saturated heterocycles. The van der Waals surface area contributed by atoms with E-state index in [1.807, 2.05) is 17.0 Å². The third kappa shape index (κ3) is 4.59. The van der Waals surface area contributed by atoms with Gasteiger partial charge >= 0.3 is 0 Å². The number of hydrogen-bond acceptors (Lipinski definition) is 9. The van der Waals surface area contributed by atoms with E-state index in [4.69, 9.17) is 14.5 Å². The zero-order valence-corrected chi connectivity index (χ0v) is 22.1. The molecular weight excluding hydrogens is 508 g/mol. The Morgan fingerprint density at radius 3 is 2.31 bits per heavy atom. The van der Waals surface area contributed by atoms with Gasteiger partial charge in [0.2, 0.25) is 5.91 Å². The molecule has 0 atom stereocenters. The lowest BCUT2D eigenvalue weighted by Crippen LogP contribution is -2.52. The summed E-state index contributed by atoms with van der Waals surface area (Å²) in [4.78, 5) is 22.1. The lowest BCUT2D eigenvalue weighted by Gasteiger charge is -2.38. The van der Waals surface area contributed by atoms with Gasteiger partial charge in [-0.3, -0.25) is 4.79 Å². The van der Waals surface area contributed by atoms with Crippen molar-refractivity contribution >= 4 is 54.0 Å². The standard InChI is InChI=1S/C23H28N4O5S3/c1-31-17-5-6-18(32-2)21-20(17)24-23(34-21)26-13-11-25(12-14-26)22(28)16-7-9-27(10-8-16)35(29,30)19-4-3-15-33-19/h3-6,15-16H,7-14H2,1-2H3. The molecule has 3 aromatic rings. The van der Waals surface area contributed by atoms with Crippen molar-refractivity contribution in [2.24, 2.45) is 5.92 Å². The number of ether oxygens (including phenoxy) is 2. The fourth-order valence-electron chi connectivity index (χ4n) is 4.67. The van der Waals surface area contributed by atoms with E-state index in [1.54, 1.807) is 43.1 Å². The second kappa shape index (κ2) is 9.92. The van der Waals surface area contributed by atoms with Crippen LogP contribution in [0.15, 0.2) is 33.9 Å². The first-order valence-electron chi connectivity index (χ1n) is 11.5. The van der Waals surface area contributed by atoms with Gasteiger partial charge in [0.25, 0.3) is 10.0 Å². The van der Waals surface area contributed by atoms with Gasteiger partial charge in [0, 0.05) is 45.2 Å². The van der Waals surface area contributed by atoms with Crippen molar-refractivity contribution in [1.29, 1.82) is 0 Å². The Balaban J connectivity index is 1.19. The van der Waals surface area contributed by atoms with E-state index in [1.165, 1.54) is 15.6 Å². The summed E-state index contributed by atoms with van der Waals surface area (Å²) in [6, 6.07) is 7.12. The number of carbonyl (C=O) groups is 1. The van der Waals surface area contributed by atoms with Crippen LogP contribution >= 0.6 is 22.7 Å². The summed E-state index contributed by atoms with van der Waals surface area (Å²) in [5, 5.41) is 2.66. The molecule has 0 aliphatic carbocycles. The molecule has 188 valence electrons. The molecule has 0 saturated carbocycles. The topological polar surface area (TPSA) is 92.3 Å². The summed E-state index contributed by atoms with van der Waals surface area (Å²) in [6.45, 7) is 3.40. The Labute approximate surface area is 212 Å². The van der Waals surface area contributed by atoms with Crippen LogP contribution in [0.5, 0.6) is 11.5 Å². The second-order valence-electron chi connectivity index (χ2n) is 8.57. The fraction of sp³-hybridized carbons (Fsp3) is 0.478. The van der Waals surface area contributed by atoms with Crippen LogP contribution in [0, 0.1) is 5.92 Å². The van der Waals surface area contributed by atoms with E-state index in [-0.39, 0.29) is 11.8 Å². The number of amides is 1. The van der Waals surface area contributed by atoms with Crippen LogP contribution in [0.25, 0.3) is 10.2 Å². The minimum atomic E-state index is -3.46. The summed E-state index contributed by atoms with van der Waals surface area (Å²) in [5.74, 6) is 1.48. The number of sulfonamides is 1. The van der Waals surface area contributed by atoms with Crippen molar-refractivity contribution in [1.82, 2.24) is 14.2 Å². The van der Waals surface area contributed by atoms with Crippen LogP contribution < -0.4 is 14.4 Å². The van der Waals surface area contributed by atoms with Gasteiger partial charge in [-0.2, -0.15) is 4.31 Å². The minimum absolute atomic E-state index is 0.130. The van der Waals surface area contributed by atoms with E-state index in [9.17, 15) is 13.2 Å². The number of thiophene rings is 1. The molecule has 4 heterocycles. The van der Waals surface area contributed by atoms with Crippen molar-refractivity contribution in [3.63, 3.8) is 0 Å². The highest BCUT2D eigenvalue weighted by atomic mass is 32.2. The lowest BCUT2D eigenvalue weighted by atomic mass is 9.96. The predicted molar refractivity (Wildman–Crippen MR) is 137 cm³/mol. The molecular formula is C23H28N4O5S3. The van der Waals surface area contributed by atoms with Gasteiger partial charge in [0.1, 0.15) is 25.9 Å². The minimum Gasteiger partial charge on any atom is -0.495 e. The molecule has 2 aliphatic heterocycles. The quantitative estimate of drug-likeness (QED) is 0.478. The first-order chi connectivity index (χ1) is 16.9. The first-order valence-corrected chi connectivity index (χ1v) is 14.6. The van der Waals surface area contributed by atoms with Crippen LogP contribution in [-0.2, 0) is 14.8 Å². The Bertz CT molecular complexity index is 1250. The summed E-state index contributed by atoms with van der Waals surface area (Å²) < 4.78 is 39.3. The monoisotopic (exact) mass is 536 g/mol. The Morgan fingerprint density at radius 1 is 1.00 bits per heavy atom. The van der Waals surface area contributed by atoms with Gasteiger partial charge in [0.05, 0.1) is 14.2 Å². The Kier molecular flexibility index (Phi) is 6.88. The molecule has 2 fully saturated rings. The van der Waals surface area contributed by atoms with Crippen LogP contribution in [0.2, 0.25) is 0 Å². The van der Waals surface area contributed by atoms with Gasteiger partial charge in [0.15, 0.2) is 5.13 Å². The number of piperazine rings is 1.